The maximum atomic E-state index is 12.3. The molecule has 0 saturated carbocycles. The molecule has 1 radical (unpaired) electrons. The monoisotopic (exact) mass is 264 g/mol. The van der Waals surface area contributed by atoms with Crippen LogP contribution in [-0.2, 0) is 0 Å². The van der Waals surface area contributed by atoms with Gasteiger partial charge in [0.1, 0.15) is 0 Å². The van der Waals surface area contributed by atoms with Gasteiger partial charge in [-0.15, -0.1) is 0 Å². The Labute approximate surface area is 112 Å². The van der Waals surface area contributed by atoms with Crippen molar-refractivity contribution in [2.24, 2.45) is 5.73 Å². The van der Waals surface area contributed by atoms with Crippen LogP contribution in [0.1, 0.15) is 26.5 Å². The van der Waals surface area contributed by atoms with Crippen LogP contribution in [0.2, 0.25) is 0 Å². The fourth-order valence-corrected chi connectivity index (χ4v) is 2.23. The standard InChI is InChI=1S/C13H18N3O3/c1-3-15-4-6-16(7-5-15)13(18)11-10(12(14)17)9(2)8-19-11/h8H,1,3-7H2,2H3,(H2,14,17). The Hall–Kier alpha value is -1.82. The van der Waals surface area contributed by atoms with Gasteiger partial charge in [0.2, 0.25) is 5.76 Å². The number of amides is 2. The van der Waals surface area contributed by atoms with Gasteiger partial charge in [0.05, 0.1) is 11.8 Å². The molecule has 2 amide bonds. The molecule has 0 atom stereocenters. The van der Waals surface area contributed by atoms with E-state index >= 15 is 0 Å². The van der Waals surface area contributed by atoms with Gasteiger partial charge >= 0.3 is 0 Å². The zero-order chi connectivity index (χ0) is 14.0. The normalized spacial score (nSPS) is 16.6. The van der Waals surface area contributed by atoms with E-state index in [-0.39, 0.29) is 17.2 Å². The SMILES string of the molecule is [CH2]CN1CCN(C(=O)c2occ(C)c2C(N)=O)CC1. The Morgan fingerprint density at radius 1 is 1.37 bits per heavy atom. The van der Waals surface area contributed by atoms with Crippen molar-refractivity contribution in [1.29, 1.82) is 0 Å². The van der Waals surface area contributed by atoms with Crippen molar-refractivity contribution >= 4 is 11.8 Å². The molecular formula is C13H18N3O3. The van der Waals surface area contributed by atoms with Crippen molar-refractivity contribution in [3.8, 4) is 0 Å². The summed E-state index contributed by atoms with van der Waals surface area (Å²) in [6.45, 7) is 9.01. The van der Waals surface area contributed by atoms with E-state index in [1.165, 1.54) is 6.26 Å². The third-order valence-corrected chi connectivity index (χ3v) is 3.39. The van der Waals surface area contributed by atoms with E-state index < -0.39 is 5.91 Å². The second-order valence-corrected chi connectivity index (χ2v) is 4.62. The number of carbonyl (C=O) groups excluding carboxylic acids is 2. The Morgan fingerprint density at radius 3 is 2.53 bits per heavy atom. The van der Waals surface area contributed by atoms with Crippen LogP contribution < -0.4 is 5.73 Å². The van der Waals surface area contributed by atoms with E-state index in [2.05, 4.69) is 11.8 Å². The molecule has 2 rings (SSSR count). The highest BCUT2D eigenvalue weighted by Crippen LogP contribution is 2.18. The second kappa shape index (κ2) is 5.44. The lowest BCUT2D eigenvalue weighted by molar-refractivity contribution is 0.0614. The molecule has 6 nitrogen and oxygen atoms in total. The van der Waals surface area contributed by atoms with Crippen molar-refractivity contribution in [2.45, 2.75) is 6.92 Å². The molecule has 0 aliphatic carbocycles. The summed E-state index contributed by atoms with van der Waals surface area (Å²) in [5.41, 5.74) is 6.06. The number of primary amides is 1. The lowest BCUT2D eigenvalue weighted by atomic mass is 10.1. The highest BCUT2D eigenvalue weighted by Gasteiger charge is 2.28. The fourth-order valence-electron chi connectivity index (χ4n) is 2.23. The topological polar surface area (TPSA) is 79.8 Å². The molecule has 6 heteroatoms. The number of carbonyl (C=O) groups is 2. The predicted octanol–water partition coefficient (Wildman–Crippen LogP) is 0.279. The van der Waals surface area contributed by atoms with Crippen molar-refractivity contribution in [1.82, 2.24) is 9.80 Å². The van der Waals surface area contributed by atoms with E-state index in [1.54, 1.807) is 11.8 Å². The summed E-state index contributed by atoms with van der Waals surface area (Å²) in [5.74, 6) is -0.857. The van der Waals surface area contributed by atoms with Crippen LogP contribution in [-0.4, -0.2) is 54.3 Å². The quantitative estimate of drug-likeness (QED) is 0.850. The van der Waals surface area contributed by atoms with Gasteiger partial charge in [-0.25, -0.2) is 0 Å². The summed E-state index contributed by atoms with van der Waals surface area (Å²) < 4.78 is 5.21. The number of hydrogen-bond donors (Lipinski definition) is 1. The van der Waals surface area contributed by atoms with Crippen molar-refractivity contribution < 1.29 is 14.0 Å². The van der Waals surface area contributed by atoms with Crippen LogP contribution in [0.3, 0.4) is 0 Å². The van der Waals surface area contributed by atoms with Gasteiger partial charge in [-0.05, 0) is 20.4 Å². The van der Waals surface area contributed by atoms with Crippen LogP contribution in [0.5, 0.6) is 0 Å². The molecule has 103 valence electrons. The Morgan fingerprint density at radius 2 is 2.00 bits per heavy atom. The smallest absolute Gasteiger partial charge is 0.290 e. The molecule has 0 bridgehead atoms. The Bertz CT molecular complexity index is 487. The number of furan rings is 1. The predicted molar refractivity (Wildman–Crippen MR) is 69.7 cm³/mol. The van der Waals surface area contributed by atoms with Crippen LogP contribution in [0, 0.1) is 13.8 Å². The van der Waals surface area contributed by atoms with Crippen molar-refractivity contribution in [3.63, 3.8) is 0 Å². The molecule has 1 aromatic rings. The molecule has 1 saturated heterocycles. The molecule has 1 aromatic heterocycles. The van der Waals surface area contributed by atoms with Crippen LogP contribution in [0.4, 0.5) is 0 Å². The number of piperazine rings is 1. The van der Waals surface area contributed by atoms with Gasteiger partial charge in [0.25, 0.3) is 11.8 Å². The summed E-state index contributed by atoms with van der Waals surface area (Å²) in [7, 11) is 0. The highest BCUT2D eigenvalue weighted by molar-refractivity contribution is 6.05. The van der Waals surface area contributed by atoms with E-state index in [1.807, 2.05) is 0 Å². The van der Waals surface area contributed by atoms with Gasteiger partial charge in [-0.2, -0.15) is 0 Å². The number of nitrogens with two attached hydrogens (primary N) is 1. The Balaban J connectivity index is 2.15. The van der Waals surface area contributed by atoms with E-state index in [4.69, 9.17) is 10.2 Å². The summed E-state index contributed by atoms with van der Waals surface area (Å²) >= 11 is 0. The molecule has 19 heavy (non-hydrogen) atoms. The molecule has 1 aliphatic rings. The fraction of sp³-hybridized carbons (Fsp3) is 0.462. The van der Waals surface area contributed by atoms with E-state index in [0.717, 1.165) is 19.6 Å². The third-order valence-electron chi connectivity index (χ3n) is 3.39. The largest absolute Gasteiger partial charge is 0.458 e. The molecule has 0 unspecified atom stereocenters. The highest BCUT2D eigenvalue weighted by atomic mass is 16.3. The maximum absolute atomic E-state index is 12.3. The Kier molecular flexibility index (Phi) is 3.90. The maximum Gasteiger partial charge on any atom is 0.290 e. The number of aryl methyl sites for hydroxylation is 1. The van der Waals surface area contributed by atoms with Crippen molar-refractivity contribution in [2.75, 3.05) is 32.7 Å². The van der Waals surface area contributed by atoms with Gasteiger partial charge in [0, 0.05) is 31.7 Å². The van der Waals surface area contributed by atoms with Crippen molar-refractivity contribution in [3.05, 3.63) is 30.1 Å². The first-order valence-corrected chi connectivity index (χ1v) is 6.23. The van der Waals surface area contributed by atoms with E-state index in [0.29, 0.717) is 18.7 Å². The zero-order valence-electron chi connectivity index (χ0n) is 11.0. The summed E-state index contributed by atoms with van der Waals surface area (Å²) in [6.07, 6.45) is 1.39. The minimum Gasteiger partial charge on any atom is -0.458 e. The van der Waals surface area contributed by atoms with Gasteiger partial charge < -0.3 is 15.1 Å². The second-order valence-electron chi connectivity index (χ2n) is 4.62. The molecule has 2 heterocycles. The van der Waals surface area contributed by atoms with Crippen LogP contribution in [0.15, 0.2) is 10.7 Å². The first-order chi connectivity index (χ1) is 9.04. The average Bonchev–Trinajstić information content (AvgIpc) is 2.80. The molecule has 0 aromatic carbocycles. The summed E-state index contributed by atoms with van der Waals surface area (Å²) in [5, 5.41) is 0. The summed E-state index contributed by atoms with van der Waals surface area (Å²) in [6, 6.07) is 0. The van der Waals surface area contributed by atoms with Gasteiger partial charge in [-0.1, -0.05) is 0 Å². The lowest BCUT2D eigenvalue weighted by Crippen LogP contribution is -2.48. The first kappa shape index (κ1) is 13.6. The molecular weight excluding hydrogens is 246 g/mol. The minimum atomic E-state index is -0.633. The average molecular weight is 264 g/mol. The van der Waals surface area contributed by atoms with Crippen LogP contribution in [0.25, 0.3) is 0 Å². The molecule has 1 aliphatic heterocycles. The number of hydrogen-bond acceptors (Lipinski definition) is 4. The van der Waals surface area contributed by atoms with Gasteiger partial charge in [0.15, 0.2) is 0 Å². The molecule has 0 spiro atoms. The minimum absolute atomic E-state index is 0.0491. The van der Waals surface area contributed by atoms with E-state index in [9.17, 15) is 9.59 Å². The van der Waals surface area contributed by atoms with Crippen LogP contribution >= 0.6 is 0 Å². The number of nitrogens with zero attached hydrogens (tertiary/aromatic N) is 2. The first-order valence-electron chi connectivity index (χ1n) is 6.23. The van der Waals surface area contributed by atoms with Gasteiger partial charge in [-0.3, -0.25) is 14.5 Å². The lowest BCUT2D eigenvalue weighted by Gasteiger charge is -2.33. The number of rotatable bonds is 3. The third kappa shape index (κ3) is 2.63. The molecule has 2 N–H and O–H groups in total. The zero-order valence-corrected chi connectivity index (χ0v) is 11.0. The molecule has 1 fully saturated rings. The summed E-state index contributed by atoms with van der Waals surface area (Å²) in [4.78, 5) is 27.5.